The lowest BCUT2D eigenvalue weighted by Gasteiger charge is -2.13. The van der Waals surface area contributed by atoms with Gasteiger partial charge in [0.05, 0.1) is 17.6 Å². The van der Waals surface area contributed by atoms with Crippen molar-refractivity contribution in [2.45, 2.75) is 207 Å². The van der Waals surface area contributed by atoms with Gasteiger partial charge in [-0.25, -0.2) is 8.42 Å². The van der Waals surface area contributed by atoms with Crippen LogP contribution in [-0.2, 0) is 14.6 Å². The summed E-state index contributed by atoms with van der Waals surface area (Å²) >= 11 is 0. The standard InChI is InChI=1S/C35H72O3S/c1-4-6-8-10-12-14-16-18-20-22-24-26-28-30-32-38-35(3)34-39(36,37)33-31-29-27-25-23-21-19-17-15-13-11-9-7-5-2/h35H,4-34H2,1-3H3. The zero-order valence-corrected chi connectivity index (χ0v) is 27.9. The fourth-order valence-corrected chi connectivity index (χ4v) is 7.21. The topological polar surface area (TPSA) is 43.4 Å². The highest BCUT2D eigenvalue weighted by Crippen LogP contribution is 2.15. The Balaban J connectivity index is 3.41. The summed E-state index contributed by atoms with van der Waals surface area (Å²) in [4.78, 5) is 0. The average Bonchev–Trinajstić information content (AvgIpc) is 2.90. The van der Waals surface area contributed by atoms with Crippen molar-refractivity contribution < 1.29 is 13.2 Å². The summed E-state index contributed by atoms with van der Waals surface area (Å²) in [6.45, 7) is 7.18. The molecule has 4 heteroatoms. The predicted octanol–water partition coefficient (Wildman–Crippen LogP) is 11.8. The van der Waals surface area contributed by atoms with Crippen molar-refractivity contribution in [3.05, 3.63) is 0 Å². The van der Waals surface area contributed by atoms with E-state index in [0.717, 1.165) is 19.3 Å². The molecule has 0 amide bonds. The van der Waals surface area contributed by atoms with E-state index in [1.54, 1.807) is 0 Å². The second-order valence-corrected chi connectivity index (χ2v) is 14.7. The normalized spacial score (nSPS) is 12.8. The molecule has 0 fully saturated rings. The molecule has 0 aromatic carbocycles. The van der Waals surface area contributed by atoms with Crippen LogP contribution in [0.3, 0.4) is 0 Å². The van der Waals surface area contributed by atoms with Crippen LogP contribution in [0.5, 0.6) is 0 Å². The molecule has 0 spiro atoms. The van der Waals surface area contributed by atoms with E-state index in [0.29, 0.717) is 12.4 Å². The Morgan fingerprint density at radius 1 is 0.436 bits per heavy atom. The molecule has 236 valence electrons. The Hall–Kier alpha value is -0.0900. The minimum atomic E-state index is -2.99. The first-order chi connectivity index (χ1) is 19.0. The molecular formula is C35H72O3S. The van der Waals surface area contributed by atoms with E-state index in [-0.39, 0.29) is 11.9 Å². The van der Waals surface area contributed by atoms with Gasteiger partial charge in [0.1, 0.15) is 0 Å². The summed E-state index contributed by atoms with van der Waals surface area (Å²) in [6, 6.07) is 0. The van der Waals surface area contributed by atoms with Gasteiger partial charge in [0, 0.05) is 6.61 Å². The van der Waals surface area contributed by atoms with E-state index in [1.807, 2.05) is 6.92 Å². The third-order valence-electron chi connectivity index (χ3n) is 8.20. The third-order valence-corrected chi connectivity index (χ3v) is 10.1. The Morgan fingerprint density at radius 2 is 0.718 bits per heavy atom. The van der Waals surface area contributed by atoms with Crippen molar-refractivity contribution in [2.24, 2.45) is 0 Å². The van der Waals surface area contributed by atoms with Gasteiger partial charge < -0.3 is 4.74 Å². The number of hydrogen-bond acceptors (Lipinski definition) is 3. The highest BCUT2D eigenvalue weighted by atomic mass is 32.2. The molecule has 0 saturated heterocycles. The van der Waals surface area contributed by atoms with Crippen LogP contribution in [0.4, 0.5) is 0 Å². The van der Waals surface area contributed by atoms with Gasteiger partial charge in [0.15, 0.2) is 9.84 Å². The molecule has 0 aliphatic rings. The quantitative estimate of drug-likeness (QED) is 0.0734. The van der Waals surface area contributed by atoms with Gasteiger partial charge in [-0.15, -0.1) is 0 Å². The smallest absolute Gasteiger partial charge is 0.152 e. The molecular weight excluding hydrogens is 500 g/mol. The van der Waals surface area contributed by atoms with E-state index in [1.165, 1.54) is 161 Å². The predicted molar refractivity (Wildman–Crippen MR) is 175 cm³/mol. The summed E-state index contributed by atoms with van der Waals surface area (Å²) < 4.78 is 30.7. The number of hydrogen-bond donors (Lipinski definition) is 0. The molecule has 1 atom stereocenters. The van der Waals surface area contributed by atoms with Crippen LogP contribution in [0.2, 0.25) is 0 Å². The second-order valence-electron chi connectivity index (χ2n) is 12.5. The van der Waals surface area contributed by atoms with Crippen LogP contribution in [0.25, 0.3) is 0 Å². The van der Waals surface area contributed by atoms with Gasteiger partial charge in [-0.2, -0.15) is 0 Å². The molecule has 1 unspecified atom stereocenters. The lowest BCUT2D eigenvalue weighted by molar-refractivity contribution is 0.0776. The Morgan fingerprint density at radius 3 is 1.05 bits per heavy atom. The van der Waals surface area contributed by atoms with Crippen molar-refractivity contribution in [3.8, 4) is 0 Å². The fourth-order valence-electron chi connectivity index (χ4n) is 5.59. The molecule has 0 aliphatic heterocycles. The van der Waals surface area contributed by atoms with Crippen molar-refractivity contribution >= 4 is 9.84 Å². The van der Waals surface area contributed by atoms with Crippen LogP contribution >= 0.6 is 0 Å². The summed E-state index contributed by atoms with van der Waals surface area (Å²) in [5, 5.41) is 0. The first kappa shape index (κ1) is 38.9. The maximum absolute atomic E-state index is 12.4. The van der Waals surface area contributed by atoms with E-state index >= 15 is 0 Å². The lowest BCUT2D eigenvalue weighted by atomic mass is 10.0. The van der Waals surface area contributed by atoms with Gasteiger partial charge in [-0.05, 0) is 19.8 Å². The number of rotatable bonds is 33. The Labute approximate surface area is 247 Å². The highest BCUT2D eigenvalue weighted by molar-refractivity contribution is 7.91. The van der Waals surface area contributed by atoms with Crippen LogP contribution < -0.4 is 0 Å². The van der Waals surface area contributed by atoms with Crippen LogP contribution in [0.1, 0.15) is 201 Å². The fraction of sp³-hybridized carbons (Fsp3) is 1.00. The number of unbranched alkanes of at least 4 members (excludes halogenated alkanes) is 26. The molecule has 0 bridgehead atoms. The molecule has 3 nitrogen and oxygen atoms in total. The molecule has 0 saturated carbocycles. The van der Waals surface area contributed by atoms with Gasteiger partial charge in [0.25, 0.3) is 0 Å². The number of sulfone groups is 1. The maximum Gasteiger partial charge on any atom is 0.152 e. The lowest BCUT2D eigenvalue weighted by Crippen LogP contribution is -2.23. The minimum Gasteiger partial charge on any atom is -0.377 e. The van der Waals surface area contributed by atoms with Crippen LogP contribution in [-0.4, -0.2) is 32.6 Å². The molecule has 0 radical (unpaired) electrons. The zero-order chi connectivity index (χ0) is 28.7. The Kier molecular flexibility index (Phi) is 30.8. The summed E-state index contributed by atoms with van der Waals surface area (Å²) in [5.74, 6) is 0.516. The average molecular weight is 573 g/mol. The van der Waals surface area contributed by atoms with Gasteiger partial charge >= 0.3 is 0 Å². The van der Waals surface area contributed by atoms with Gasteiger partial charge in [0.2, 0.25) is 0 Å². The van der Waals surface area contributed by atoms with Crippen molar-refractivity contribution in [1.29, 1.82) is 0 Å². The zero-order valence-electron chi connectivity index (χ0n) is 27.1. The minimum absolute atomic E-state index is 0.177. The molecule has 39 heavy (non-hydrogen) atoms. The van der Waals surface area contributed by atoms with Gasteiger partial charge in [-0.3, -0.25) is 0 Å². The molecule has 0 aromatic heterocycles. The largest absolute Gasteiger partial charge is 0.377 e. The second kappa shape index (κ2) is 30.9. The van der Waals surface area contributed by atoms with Crippen molar-refractivity contribution in [1.82, 2.24) is 0 Å². The number of ether oxygens (including phenoxy) is 1. The molecule has 0 heterocycles. The molecule has 0 rings (SSSR count). The van der Waals surface area contributed by atoms with Crippen molar-refractivity contribution in [2.75, 3.05) is 18.1 Å². The van der Waals surface area contributed by atoms with Crippen molar-refractivity contribution in [3.63, 3.8) is 0 Å². The molecule has 0 aliphatic carbocycles. The Bertz CT molecular complexity index is 560. The SMILES string of the molecule is CCCCCCCCCCCCCCCCOC(C)CS(=O)(=O)CCCCCCCCCCCCCCCC. The first-order valence-electron chi connectivity index (χ1n) is 17.8. The van der Waals surface area contributed by atoms with Crippen LogP contribution in [0, 0.1) is 0 Å². The first-order valence-corrected chi connectivity index (χ1v) is 19.7. The monoisotopic (exact) mass is 573 g/mol. The van der Waals surface area contributed by atoms with E-state index in [9.17, 15) is 8.42 Å². The summed E-state index contributed by atoms with van der Waals surface area (Å²) in [5.41, 5.74) is 0. The maximum atomic E-state index is 12.4. The van der Waals surface area contributed by atoms with E-state index < -0.39 is 9.84 Å². The summed E-state index contributed by atoms with van der Waals surface area (Å²) in [6.07, 6.45) is 36.8. The molecule has 0 N–H and O–H groups in total. The summed E-state index contributed by atoms with van der Waals surface area (Å²) in [7, 11) is -2.99. The third kappa shape index (κ3) is 32.3. The molecule has 0 aromatic rings. The van der Waals surface area contributed by atoms with E-state index in [4.69, 9.17) is 4.74 Å². The highest BCUT2D eigenvalue weighted by Gasteiger charge is 2.16. The van der Waals surface area contributed by atoms with Gasteiger partial charge in [-0.1, -0.05) is 181 Å². The van der Waals surface area contributed by atoms with E-state index in [2.05, 4.69) is 13.8 Å². The van der Waals surface area contributed by atoms with Crippen LogP contribution in [0.15, 0.2) is 0 Å².